The summed E-state index contributed by atoms with van der Waals surface area (Å²) in [5.74, 6) is 0.898. The molecule has 0 spiro atoms. The number of nitrogens with zero attached hydrogens (tertiary/aromatic N) is 4. The zero-order valence-corrected chi connectivity index (χ0v) is 21.0. The first-order valence-electron chi connectivity index (χ1n) is 12.9. The van der Waals surface area contributed by atoms with Gasteiger partial charge < -0.3 is 14.4 Å². The highest BCUT2D eigenvalue weighted by atomic mass is 16.5. The molecule has 35 heavy (non-hydrogen) atoms. The van der Waals surface area contributed by atoms with Crippen molar-refractivity contribution in [2.24, 2.45) is 4.99 Å². The number of anilines is 1. The van der Waals surface area contributed by atoms with Crippen LogP contribution in [0, 0.1) is 6.92 Å². The fourth-order valence-electron chi connectivity index (χ4n) is 4.59. The molecule has 0 amide bonds. The zero-order chi connectivity index (χ0) is 24.3. The Kier molecular flexibility index (Phi) is 9.66. The minimum atomic E-state index is 0.303. The van der Waals surface area contributed by atoms with Crippen LogP contribution in [0.2, 0.25) is 0 Å². The number of morpholine rings is 1. The van der Waals surface area contributed by atoms with E-state index in [1.54, 1.807) is 0 Å². The molecule has 2 aliphatic rings. The second-order valence-electron chi connectivity index (χ2n) is 9.47. The number of aromatic nitrogens is 1. The van der Waals surface area contributed by atoms with Crippen molar-refractivity contribution >= 4 is 17.7 Å². The summed E-state index contributed by atoms with van der Waals surface area (Å²) in [5.41, 5.74) is 4.25. The van der Waals surface area contributed by atoms with Crippen molar-refractivity contribution in [1.29, 1.82) is 0 Å². The van der Waals surface area contributed by atoms with Crippen molar-refractivity contribution in [3.63, 3.8) is 0 Å². The number of hydrogen-bond acceptors (Lipinski definition) is 7. The Balaban J connectivity index is 1.33. The number of pyridine rings is 1. The Morgan fingerprint density at radius 2 is 1.94 bits per heavy atom. The van der Waals surface area contributed by atoms with Gasteiger partial charge in [-0.2, -0.15) is 0 Å². The quantitative estimate of drug-likeness (QED) is 0.358. The summed E-state index contributed by atoms with van der Waals surface area (Å²) in [7, 11) is 0. The Bertz CT molecular complexity index is 982. The van der Waals surface area contributed by atoms with Gasteiger partial charge >= 0.3 is 0 Å². The summed E-state index contributed by atoms with van der Waals surface area (Å²) in [5, 5.41) is 0. The molecule has 0 bridgehead atoms. The number of Topliss-reactive ketones (excluding diaryl/α,β-unsaturated/α-hetero) is 1. The summed E-state index contributed by atoms with van der Waals surface area (Å²) >= 11 is 0. The number of likely N-dealkylation sites (tertiary alicyclic amines) is 1. The monoisotopic (exact) mass is 478 g/mol. The molecule has 1 aromatic carbocycles. The highest BCUT2D eigenvalue weighted by Gasteiger charge is 2.15. The number of aryl methyl sites for hydroxylation is 1. The highest BCUT2D eigenvalue weighted by molar-refractivity contribution is 5.80. The maximum Gasteiger partial charge on any atom is 0.215 e. The van der Waals surface area contributed by atoms with Crippen molar-refractivity contribution < 1.29 is 14.3 Å². The van der Waals surface area contributed by atoms with Gasteiger partial charge in [0.05, 0.1) is 38.6 Å². The predicted molar refractivity (Wildman–Crippen MR) is 140 cm³/mol. The van der Waals surface area contributed by atoms with Crippen LogP contribution >= 0.6 is 0 Å². The number of piperidine rings is 1. The van der Waals surface area contributed by atoms with E-state index in [1.165, 1.54) is 24.8 Å². The van der Waals surface area contributed by atoms with Crippen LogP contribution in [0.4, 0.5) is 5.69 Å². The van der Waals surface area contributed by atoms with Gasteiger partial charge in [0.1, 0.15) is 5.78 Å². The van der Waals surface area contributed by atoms with E-state index in [-0.39, 0.29) is 0 Å². The third-order valence-electron chi connectivity index (χ3n) is 6.45. The van der Waals surface area contributed by atoms with E-state index >= 15 is 0 Å². The number of aliphatic imine (C=N–C) groups is 1. The number of rotatable bonds is 11. The average Bonchev–Trinajstić information content (AvgIpc) is 2.88. The number of benzene rings is 1. The summed E-state index contributed by atoms with van der Waals surface area (Å²) in [6, 6.07) is 12.4. The molecule has 0 unspecified atom stereocenters. The summed E-state index contributed by atoms with van der Waals surface area (Å²) < 4.78 is 11.5. The Morgan fingerprint density at radius 3 is 2.74 bits per heavy atom. The number of hydrogen-bond donors (Lipinski definition) is 0. The first-order chi connectivity index (χ1) is 17.2. The number of carbonyl (C=O) groups is 1. The lowest BCUT2D eigenvalue weighted by molar-refractivity contribution is -0.120. The van der Waals surface area contributed by atoms with E-state index in [1.807, 2.05) is 18.3 Å². The Morgan fingerprint density at radius 1 is 1.11 bits per heavy atom. The van der Waals surface area contributed by atoms with Crippen LogP contribution < -0.4 is 9.64 Å². The largest absolute Gasteiger partial charge is 0.478 e. The van der Waals surface area contributed by atoms with Crippen molar-refractivity contribution in [3.8, 4) is 5.88 Å². The molecule has 3 heterocycles. The van der Waals surface area contributed by atoms with Crippen LogP contribution in [-0.4, -0.2) is 74.4 Å². The van der Waals surface area contributed by atoms with Crippen molar-refractivity contribution in [3.05, 3.63) is 53.2 Å². The minimum Gasteiger partial charge on any atom is -0.478 e. The van der Waals surface area contributed by atoms with E-state index in [9.17, 15) is 4.79 Å². The maximum atomic E-state index is 12.3. The van der Waals surface area contributed by atoms with Gasteiger partial charge in [-0.3, -0.25) is 14.7 Å². The lowest BCUT2D eigenvalue weighted by atomic mass is 10.1. The van der Waals surface area contributed by atoms with Gasteiger partial charge in [-0.1, -0.05) is 36.2 Å². The standard InChI is InChI=1S/C28H38N4O3/c1-23-7-5-8-24(17-23)20-29-21-25-18-26(32-12-15-34-16-13-32)19-28(30-25)35-14-6-9-27(33)22-31-10-3-2-4-11-31/h5,7-8,17-20H,2-4,6,9-16,21-22H2,1H3. The SMILES string of the molecule is Cc1cccc(C=NCc2cc(N3CCOCC3)cc(OCCCC(=O)CN3CCCCC3)n2)c1. The van der Waals surface area contributed by atoms with Crippen molar-refractivity contribution in [2.75, 3.05) is 57.4 Å². The van der Waals surface area contributed by atoms with Gasteiger partial charge in [0.25, 0.3) is 0 Å². The van der Waals surface area contributed by atoms with E-state index in [2.05, 4.69) is 46.0 Å². The predicted octanol–water partition coefficient (Wildman–Crippen LogP) is 4.06. The molecular weight excluding hydrogens is 440 g/mol. The summed E-state index contributed by atoms with van der Waals surface area (Å²) in [6.45, 7) is 8.86. The van der Waals surface area contributed by atoms with Crippen LogP contribution in [0.25, 0.3) is 0 Å². The first kappa shape index (κ1) is 25.3. The van der Waals surface area contributed by atoms with Crippen molar-refractivity contribution in [1.82, 2.24) is 9.88 Å². The molecule has 0 saturated carbocycles. The molecule has 2 saturated heterocycles. The van der Waals surface area contributed by atoms with E-state index in [0.29, 0.717) is 44.2 Å². The molecule has 0 N–H and O–H groups in total. The van der Waals surface area contributed by atoms with Crippen LogP contribution in [0.3, 0.4) is 0 Å². The first-order valence-corrected chi connectivity index (χ1v) is 12.9. The van der Waals surface area contributed by atoms with Crippen molar-refractivity contribution in [2.45, 2.75) is 45.6 Å². The fourth-order valence-corrected chi connectivity index (χ4v) is 4.59. The van der Waals surface area contributed by atoms with Gasteiger partial charge in [-0.15, -0.1) is 0 Å². The topological polar surface area (TPSA) is 67.3 Å². The highest BCUT2D eigenvalue weighted by Crippen LogP contribution is 2.23. The summed E-state index contributed by atoms with van der Waals surface area (Å²) in [4.78, 5) is 26.2. The molecule has 2 fully saturated rings. The minimum absolute atomic E-state index is 0.303. The molecule has 2 aromatic rings. The molecule has 0 aliphatic carbocycles. The maximum absolute atomic E-state index is 12.3. The van der Waals surface area contributed by atoms with Crippen LogP contribution in [0.1, 0.15) is 48.9 Å². The van der Waals surface area contributed by atoms with Gasteiger partial charge in [0.15, 0.2) is 0 Å². The van der Waals surface area contributed by atoms with Gasteiger partial charge in [0.2, 0.25) is 5.88 Å². The van der Waals surface area contributed by atoms with Crippen LogP contribution in [0.15, 0.2) is 41.4 Å². The molecule has 2 aliphatic heterocycles. The lowest BCUT2D eigenvalue weighted by Gasteiger charge is -2.29. The number of ether oxygens (including phenoxy) is 2. The smallest absolute Gasteiger partial charge is 0.215 e. The van der Waals surface area contributed by atoms with Crippen LogP contribution in [0.5, 0.6) is 5.88 Å². The molecule has 0 atom stereocenters. The third-order valence-corrected chi connectivity index (χ3v) is 6.45. The fraction of sp³-hybridized carbons (Fsp3) is 0.536. The molecule has 1 aromatic heterocycles. The Labute approximate surface area is 209 Å². The van der Waals surface area contributed by atoms with Gasteiger partial charge in [0, 0.05) is 37.5 Å². The Hall–Kier alpha value is -2.77. The van der Waals surface area contributed by atoms with Gasteiger partial charge in [-0.25, -0.2) is 4.98 Å². The molecule has 188 valence electrons. The average molecular weight is 479 g/mol. The molecular formula is C28H38N4O3. The molecule has 7 nitrogen and oxygen atoms in total. The van der Waals surface area contributed by atoms with E-state index < -0.39 is 0 Å². The van der Waals surface area contributed by atoms with E-state index in [0.717, 1.165) is 56.3 Å². The van der Waals surface area contributed by atoms with Gasteiger partial charge in [-0.05, 0) is 50.9 Å². The third kappa shape index (κ3) is 8.44. The zero-order valence-electron chi connectivity index (χ0n) is 21.0. The number of carbonyl (C=O) groups excluding carboxylic acids is 1. The molecule has 7 heteroatoms. The second kappa shape index (κ2) is 13.4. The lowest BCUT2D eigenvalue weighted by Crippen LogP contribution is -2.36. The van der Waals surface area contributed by atoms with E-state index in [4.69, 9.17) is 14.5 Å². The summed E-state index contributed by atoms with van der Waals surface area (Å²) in [6.07, 6.45) is 6.85. The normalized spacial score (nSPS) is 17.1. The molecule has 0 radical (unpaired) electrons. The molecule has 4 rings (SSSR count). The van der Waals surface area contributed by atoms with Crippen LogP contribution in [-0.2, 0) is 16.1 Å². The second-order valence-corrected chi connectivity index (χ2v) is 9.47. The number of ketones is 1.